The van der Waals surface area contributed by atoms with Crippen LogP contribution in [-0.4, -0.2) is 0 Å². The van der Waals surface area contributed by atoms with Gasteiger partial charge in [-0.15, -0.1) is 16.5 Å². The molecule has 0 N–H and O–H groups in total. The molecule has 12 heavy (non-hydrogen) atoms. The van der Waals surface area contributed by atoms with Crippen molar-refractivity contribution >= 4 is 23.2 Å². The van der Waals surface area contributed by atoms with Crippen molar-refractivity contribution < 1.29 is 0 Å². The molecule has 1 aromatic rings. The van der Waals surface area contributed by atoms with E-state index in [2.05, 4.69) is 5.18 Å². The average Bonchev–Trinajstić information content (AvgIpc) is 2.17. The third-order valence-electron chi connectivity index (χ3n) is 1.50. The van der Waals surface area contributed by atoms with E-state index < -0.39 is 5.50 Å². The first kappa shape index (κ1) is 9.49. The summed E-state index contributed by atoms with van der Waals surface area (Å²) in [6.07, 6.45) is 0. The average molecular weight is 204 g/mol. The van der Waals surface area contributed by atoms with E-state index >= 15 is 0 Å². The number of hydrogen-bond acceptors (Lipinski definition) is 2. The lowest BCUT2D eigenvalue weighted by Crippen LogP contribution is -1.85. The van der Waals surface area contributed by atoms with Gasteiger partial charge in [0, 0.05) is 5.88 Å². The highest BCUT2D eigenvalue weighted by Crippen LogP contribution is 2.21. The van der Waals surface area contributed by atoms with Crippen molar-refractivity contribution in [1.29, 1.82) is 0 Å². The van der Waals surface area contributed by atoms with Gasteiger partial charge in [-0.1, -0.05) is 35.9 Å². The fourth-order valence-corrected chi connectivity index (χ4v) is 1.15. The topological polar surface area (TPSA) is 29.4 Å². The maximum Gasteiger partial charge on any atom is 0.190 e. The number of rotatable bonds is 3. The van der Waals surface area contributed by atoms with E-state index in [1.54, 1.807) is 12.1 Å². The van der Waals surface area contributed by atoms with Crippen LogP contribution >= 0.6 is 23.2 Å². The molecule has 1 rings (SSSR count). The van der Waals surface area contributed by atoms with Gasteiger partial charge in [0.25, 0.3) is 0 Å². The summed E-state index contributed by atoms with van der Waals surface area (Å²) in [5.41, 5.74) is 0.894. The predicted octanol–water partition coefficient (Wildman–Crippen LogP) is 3.43. The van der Waals surface area contributed by atoms with E-state index in [1.807, 2.05) is 12.1 Å². The maximum atomic E-state index is 10.1. The molecule has 4 heteroatoms. The van der Waals surface area contributed by atoms with Gasteiger partial charge in [0.05, 0.1) is 0 Å². The molecule has 0 aliphatic carbocycles. The monoisotopic (exact) mass is 203 g/mol. The molecule has 0 aliphatic heterocycles. The summed E-state index contributed by atoms with van der Waals surface area (Å²) >= 11 is 11.1. The highest BCUT2D eigenvalue weighted by Gasteiger charge is 2.05. The quantitative estimate of drug-likeness (QED) is 0.421. The molecular formula is C8H7Cl2NO. The zero-order valence-electron chi connectivity index (χ0n) is 6.21. The van der Waals surface area contributed by atoms with E-state index in [4.69, 9.17) is 23.2 Å². The molecule has 2 nitrogen and oxygen atoms in total. The number of hydrogen-bond donors (Lipinski definition) is 0. The van der Waals surface area contributed by atoms with E-state index in [0.717, 1.165) is 5.56 Å². The van der Waals surface area contributed by atoms with Crippen LogP contribution in [-0.2, 0) is 5.88 Å². The van der Waals surface area contributed by atoms with Gasteiger partial charge in [-0.3, -0.25) is 0 Å². The van der Waals surface area contributed by atoms with Gasteiger partial charge in [0.15, 0.2) is 5.50 Å². The van der Waals surface area contributed by atoms with Gasteiger partial charge in [-0.2, -0.15) is 0 Å². The third-order valence-corrected chi connectivity index (χ3v) is 2.14. The largest absolute Gasteiger partial charge is 0.190 e. The molecule has 0 radical (unpaired) electrons. The summed E-state index contributed by atoms with van der Waals surface area (Å²) in [6.45, 7) is 0. The first-order valence-electron chi connectivity index (χ1n) is 3.39. The Morgan fingerprint density at radius 2 is 1.92 bits per heavy atom. The van der Waals surface area contributed by atoms with Crippen molar-refractivity contribution in [3.05, 3.63) is 40.3 Å². The Balaban J connectivity index is 2.84. The smallest absolute Gasteiger partial charge is 0.149 e. The van der Waals surface area contributed by atoms with Crippen LogP contribution in [0, 0.1) is 4.91 Å². The SMILES string of the molecule is O=NC(Cl)c1ccc(CCl)cc1. The minimum Gasteiger partial charge on any atom is -0.149 e. The molecule has 0 fully saturated rings. The lowest BCUT2D eigenvalue weighted by atomic mass is 10.1. The summed E-state index contributed by atoms with van der Waals surface area (Å²) in [5.74, 6) is 0.460. The van der Waals surface area contributed by atoms with Crippen molar-refractivity contribution in [3.63, 3.8) is 0 Å². The van der Waals surface area contributed by atoms with Crippen LogP contribution < -0.4 is 0 Å². The highest BCUT2D eigenvalue weighted by molar-refractivity contribution is 6.20. The van der Waals surface area contributed by atoms with Crippen LogP contribution in [0.1, 0.15) is 16.6 Å². The minimum absolute atomic E-state index is 0.460. The Labute approximate surface area is 80.5 Å². The summed E-state index contributed by atoms with van der Waals surface area (Å²) < 4.78 is 0. The third kappa shape index (κ3) is 2.19. The van der Waals surface area contributed by atoms with Crippen LogP contribution in [0.5, 0.6) is 0 Å². The Morgan fingerprint density at radius 3 is 2.33 bits per heavy atom. The molecule has 0 spiro atoms. The Morgan fingerprint density at radius 1 is 1.33 bits per heavy atom. The van der Waals surface area contributed by atoms with Crippen molar-refractivity contribution in [2.75, 3.05) is 0 Å². The molecule has 64 valence electrons. The van der Waals surface area contributed by atoms with Crippen LogP contribution in [0.3, 0.4) is 0 Å². The van der Waals surface area contributed by atoms with Gasteiger partial charge in [-0.25, -0.2) is 0 Å². The number of nitroso groups, excluding NO2 is 1. The van der Waals surface area contributed by atoms with E-state index in [9.17, 15) is 4.91 Å². The lowest BCUT2D eigenvalue weighted by Gasteiger charge is -2.00. The standard InChI is InChI=1S/C8H7Cl2NO/c9-5-6-1-3-7(4-2-6)8(10)11-12/h1-4,8H,5H2. The summed E-state index contributed by atoms with van der Waals surface area (Å²) in [6, 6.07) is 7.14. The zero-order chi connectivity index (χ0) is 8.97. The molecule has 0 aromatic heterocycles. The summed E-state index contributed by atoms with van der Waals surface area (Å²) in [4.78, 5) is 10.1. The maximum absolute atomic E-state index is 10.1. The fraction of sp³-hybridized carbons (Fsp3) is 0.250. The highest BCUT2D eigenvalue weighted by atomic mass is 35.5. The van der Waals surface area contributed by atoms with Crippen molar-refractivity contribution in [1.82, 2.24) is 0 Å². The zero-order valence-corrected chi connectivity index (χ0v) is 7.72. The second kappa shape index (κ2) is 4.43. The Bertz CT molecular complexity index is 260. The van der Waals surface area contributed by atoms with Gasteiger partial charge in [0.2, 0.25) is 0 Å². The lowest BCUT2D eigenvalue weighted by molar-refractivity contribution is 1.00. The van der Waals surface area contributed by atoms with Gasteiger partial charge < -0.3 is 0 Å². The summed E-state index contributed by atoms with van der Waals surface area (Å²) in [5, 5.41) is 2.70. The van der Waals surface area contributed by atoms with Crippen molar-refractivity contribution in [2.24, 2.45) is 5.18 Å². The minimum atomic E-state index is -0.797. The fourth-order valence-electron chi connectivity index (χ4n) is 0.826. The van der Waals surface area contributed by atoms with E-state index in [0.29, 0.717) is 11.4 Å². The molecular weight excluding hydrogens is 197 g/mol. The molecule has 0 heterocycles. The Kier molecular flexibility index (Phi) is 3.50. The first-order valence-corrected chi connectivity index (χ1v) is 4.36. The number of nitrogens with zero attached hydrogens (tertiary/aromatic N) is 1. The van der Waals surface area contributed by atoms with Gasteiger partial charge >= 0.3 is 0 Å². The van der Waals surface area contributed by atoms with Crippen LogP contribution in [0.4, 0.5) is 0 Å². The van der Waals surface area contributed by atoms with E-state index in [-0.39, 0.29) is 0 Å². The number of halogens is 2. The summed E-state index contributed by atoms with van der Waals surface area (Å²) in [7, 11) is 0. The molecule has 0 bridgehead atoms. The van der Waals surface area contributed by atoms with Crippen molar-refractivity contribution in [3.8, 4) is 0 Å². The molecule has 1 atom stereocenters. The van der Waals surface area contributed by atoms with E-state index in [1.165, 1.54) is 0 Å². The van der Waals surface area contributed by atoms with Gasteiger partial charge in [-0.05, 0) is 16.3 Å². The van der Waals surface area contributed by atoms with Crippen LogP contribution in [0.25, 0.3) is 0 Å². The van der Waals surface area contributed by atoms with Crippen LogP contribution in [0.15, 0.2) is 29.4 Å². The first-order chi connectivity index (χ1) is 5.77. The van der Waals surface area contributed by atoms with Gasteiger partial charge in [0.1, 0.15) is 0 Å². The molecule has 1 aromatic carbocycles. The number of benzene rings is 1. The second-order valence-electron chi connectivity index (χ2n) is 2.32. The molecule has 0 saturated carbocycles. The number of alkyl halides is 2. The van der Waals surface area contributed by atoms with Crippen LogP contribution in [0.2, 0.25) is 0 Å². The normalized spacial score (nSPS) is 12.5. The molecule has 1 unspecified atom stereocenters. The molecule has 0 amide bonds. The second-order valence-corrected chi connectivity index (χ2v) is 3.00. The van der Waals surface area contributed by atoms with Crippen molar-refractivity contribution in [2.45, 2.75) is 11.4 Å². The molecule has 0 saturated heterocycles. The predicted molar refractivity (Wildman–Crippen MR) is 50.4 cm³/mol. The molecule has 0 aliphatic rings. The Hall–Kier alpha value is -0.600.